The fraction of sp³-hybridized carbons (Fsp3) is 0.0909. The van der Waals surface area contributed by atoms with Gasteiger partial charge in [-0.1, -0.05) is 30.3 Å². The molecule has 2 N–H and O–H groups in total. The van der Waals surface area contributed by atoms with Gasteiger partial charge in [0.25, 0.3) is 5.91 Å². The van der Waals surface area contributed by atoms with Crippen LogP contribution in [-0.4, -0.2) is 25.7 Å². The summed E-state index contributed by atoms with van der Waals surface area (Å²) in [5.41, 5.74) is 4.77. The summed E-state index contributed by atoms with van der Waals surface area (Å²) < 4.78 is 2.04. The summed E-state index contributed by atoms with van der Waals surface area (Å²) >= 11 is 0. The molecule has 1 aliphatic heterocycles. The lowest BCUT2D eigenvalue weighted by Gasteiger charge is -2.30. The van der Waals surface area contributed by atoms with Gasteiger partial charge in [0.2, 0.25) is 5.95 Å². The number of nitrogens with zero attached hydrogens (tertiary/aromatic N) is 4. The monoisotopic (exact) mass is 382 g/mol. The molecular weight excluding hydrogens is 364 g/mol. The van der Waals surface area contributed by atoms with Crippen molar-refractivity contribution in [2.24, 2.45) is 0 Å². The number of imidazole rings is 1. The molecule has 0 radical (unpaired) electrons. The number of hydrogen-bond donors (Lipinski definition) is 2. The number of aromatic nitrogens is 4. The molecule has 1 aliphatic rings. The molecule has 0 aliphatic carbocycles. The molecule has 0 unspecified atom stereocenters. The van der Waals surface area contributed by atoms with Gasteiger partial charge in [-0.2, -0.15) is 10.2 Å². The van der Waals surface area contributed by atoms with Crippen LogP contribution in [0.4, 0.5) is 11.6 Å². The van der Waals surface area contributed by atoms with Crippen LogP contribution in [0.1, 0.15) is 18.5 Å². The molecule has 29 heavy (non-hydrogen) atoms. The summed E-state index contributed by atoms with van der Waals surface area (Å²) in [5, 5.41) is 14.2. The first-order valence-electron chi connectivity index (χ1n) is 9.30. The zero-order valence-corrected chi connectivity index (χ0v) is 15.7. The number of rotatable bonds is 3. The van der Waals surface area contributed by atoms with Crippen molar-refractivity contribution in [3.05, 3.63) is 89.9 Å². The second-order valence-corrected chi connectivity index (χ2v) is 6.86. The minimum Gasteiger partial charge on any atom is -0.329 e. The molecule has 2 aromatic carbocycles. The van der Waals surface area contributed by atoms with E-state index in [0.717, 1.165) is 28.0 Å². The standard InChI is InChI=1S/C22H18N6O/c1-14-19(21(29)26-16-7-3-2-4-8-16)20(15-11-12-23-24-13-15)28-18-10-6-5-9-17(18)27-22(28)25-14/h2-13,20H,1H3,(H,25,27)(H,26,29)/t20-/m1/s1. The minimum atomic E-state index is -0.377. The number of para-hydroxylation sites is 3. The number of hydrogen-bond acceptors (Lipinski definition) is 5. The molecule has 142 valence electrons. The summed E-state index contributed by atoms with van der Waals surface area (Å²) in [5.74, 6) is 0.521. The highest BCUT2D eigenvalue weighted by molar-refractivity contribution is 6.06. The second-order valence-electron chi connectivity index (χ2n) is 6.86. The molecule has 3 heterocycles. The predicted octanol–water partition coefficient (Wildman–Crippen LogP) is 3.75. The molecule has 1 atom stereocenters. The van der Waals surface area contributed by atoms with E-state index in [2.05, 4.69) is 20.8 Å². The molecule has 7 heteroatoms. The van der Waals surface area contributed by atoms with E-state index < -0.39 is 0 Å². The van der Waals surface area contributed by atoms with E-state index in [4.69, 9.17) is 4.98 Å². The van der Waals surface area contributed by atoms with E-state index in [9.17, 15) is 4.79 Å². The van der Waals surface area contributed by atoms with Crippen LogP contribution in [0, 0.1) is 0 Å². The van der Waals surface area contributed by atoms with Gasteiger partial charge in [0.05, 0.1) is 28.8 Å². The van der Waals surface area contributed by atoms with Crippen molar-refractivity contribution >= 4 is 28.6 Å². The molecule has 0 saturated heterocycles. The van der Waals surface area contributed by atoms with Crippen LogP contribution in [-0.2, 0) is 4.79 Å². The van der Waals surface area contributed by atoms with Crippen LogP contribution in [0.15, 0.2) is 84.3 Å². The van der Waals surface area contributed by atoms with E-state index in [-0.39, 0.29) is 11.9 Å². The van der Waals surface area contributed by atoms with E-state index in [0.29, 0.717) is 11.5 Å². The van der Waals surface area contributed by atoms with Gasteiger partial charge in [0.1, 0.15) is 0 Å². The van der Waals surface area contributed by atoms with Crippen molar-refractivity contribution in [2.75, 3.05) is 10.6 Å². The van der Waals surface area contributed by atoms with Gasteiger partial charge in [-0.05, 0) is 37.3 Å². The molecular formula is C22H18N6O. The zero-order valence-electron chi connectivity index (χ0n) is 15.7. The van der Waals surface area contributed by atoms with Crippen LogP contribution >= 0.6 is 0 Å². The third-order valence-corrected chi connectivity index (χ3v) is 5.03. The van der Waals surface area contributed by atoms with Crippen molar-refractivity contribution < 1.29 is 4.79 Å². The largest absolute Gasteiger partial charge is 0.329 e. The Labute approximate surface area is 167 Å². The lowest BCUT2D eigenvalue weighted by Crippen LogP contribution is -2.31. The van der Waals surface area contributed by atoms with Crippen molar-refractivity contribution in [1.29, 1.82) is 0 Å². The zero-order chi connectivity index (χ0) is 19.8. The molecule has 7 nitrogen and oxygen atoms in total. The summed E-state index contributed by atoms with van der Waals surface area (Å²) in [6.45, 7) is 1.89. The molecule has 0 spiro atoms. The number of amides is 1. The Bertz CT molecular complexity index is 1230. The molecule has 5 rings (SSSR count). The highest BCUT2D eigenvalue weighted by atomic mass is 16.1. The number of anilines is 2. The quantitative estimate of drug-likeness (QED) is 0.564. The normalized spacial score (nSPS) is 15.7. The van der Waals surface area contributed by atoms with Crippen LogP contribution in [0.3, 0.4) is 0 Å². The van der Waals surface area contributed by atoms with Crippen LogP contribution in [0.2, 0.25) is 0 Å². The van der Waals surface area contributed by atoms with Gasteiger partial charge in [-0.15, -0.1) is 0 Å². The average Bonchev–Trinajstić information content (AvgIpc) is 3.12. The number of benzene rings is 2. The predicted molar refractivity (Wildman–Crippen MR) is 111 cm³/mol. The number of nitrogens with one attached hydrogen (secondary N) is 2. The highest BCUT2D eigenvalue weighted by Gasteiger charge is 2.34. The molecule has 0 bridgehead atoms. The Morgan fingerprint density at radius 3 is 2.62 bits per heavy atom. The number of allylic oxidation sites excluding steroid dienone is 1. The van der Waals surface area contributed by atoms with Crippen LogP contribution in [0.5, 0.6) is 0 Å². The van der Waals surface area contributed by atoms with Gasteiger partial charge in [0.15, 0.2) is 0 Å². The second kappa shape index (κ2) is 6.87. The first-order chi connectivity index (χ1) is 14.2. The van der Waals surface area contributed by atoms with E-state index >= 15 is 0 Å². The third kappa shape index (κ3) is 2.93. The number of carbonyl (C=O) groups is 1. The van der Waals surface area contributed by atoms with Crippen molar-refractivity contribution in [1.82, 2.24) is 19.7 Å². The first kappa shape index (κ1) is 17.1. The molecule has 1 amide bonds. The lowest BCUT2D eigenvalue weighted by molar-refractivity contribution is -0.113. The Morgan fingerprint density at radius 2 is 1.83 bits per heavy atom. The highest BCUT2D eigenvalue weighted by Crippen LogP contribution is 2.39. The fourth-order valence-electron chi connectivity index (χ4n) is 3.76. The first-order valence-corrected chi connectivity index (χ1v) is 9.30. The maximum absolute atomic E-state index is 13.4. The summed E-state index contributed by atoms with van der Waals surface area (Å²) in [4.78, 5) is 18.1. The average molecular weight is 382 g/mol. The smallest absolute Gasteiger partial charge is 0.255 e. The van der Waals surface area contributed by atoms with Crippen LogP contribution in [0.25, 0.3) is 11.0 Å². The molecule has 4 aromatic rings. The van der Waals surface area contributed by atoms with Gasteiger partial charge in [-0.3, -0.25) is 9.36 Å². The number of fused-ring (bicyclic) bond motifs is 3. The third-order valence-electron chi connectivity index (χ3n) is 5.03. The van der Waals surface area contributed by atoms with E-state index in [1.807, 2.05) is 72.2 Å². The van der Waals surface area contributed by atoms with Gasteiger partial charge in [-0.25, -0.2) is 4.98 Å². The Morgan fingerprint density at radius 1 is 1.03 bits per heavy atom. The molecule has 2 aromatic heterocycles. The SMILES string of the molecule is CC1=C(C(=O)Nc2ccccc2)[C@@H](c2ccnnc2)n2c(nc3ccccc32)N1. The Hall–Kier alpha value is -4.00. The van der Waals surface area contributed by atoms with Gasteiger partial charge in [0, 0.05) is 23.1 Å². The van der Waals surface area contributed by atoms with Crippen molar-refractivity contribution in [3.63, 3.8) is 0 Å². The summed E-state index contributed by atoms with van der Waals surface area (Å²) in [6, 6.07) is 18.8. The van der Waals surface area contributed by atoms with Crippen molar-refractivity contribution in [2.45, 2.75) is 13.0 Å². The van der Waals surface area contributed by atoms with E-state index in [1.165, 1.54) is 0 Å². The van der Waals surface area contributed by atoms with Crippen molar-refractivity contribution in [3.8, 4) is 0 Å². The maximum atomic E-state index is 13.4. The van der Waals surface area contributed by atoms with Gasteiger partial charge >= 0.3 is 0 Å². The molecule has 0 saturated carbocycles. The Kier molecular flexibility index (Phi) is 4.05. The van der Waals surface area contributed by atoms with Crippen LogP contribution < -0.4 is 10.6 Å². The van der Waals surface area contributed by atoms with Gasteiger partial charge < -0.3 is 10.6 Å². The Balaban J connectivity index is 1.67. The number of carbonyl (C=O) groups excluding carboxylic acids is 1. The fourth-order valence-corrected chi connectivity index (χ4v) is 3.76. The minimum absolute atomic E-state index is 0.175. The lowest BCUT2D eigenvalue weighted by atomic mass is 9.95. The van der Waals surface area contributed by atoms with E-state index in [1.54, 1.807) is 12.4 Å². The maximum Gasteiger partial charge on any atom is 0.255 e. The summed E-state index contributed by atoms with van der Waals surface area (Å²) in [7, 11) is 0. The topological polar surface area (TPSA) is 84.7 Å². The molecule has 0 fully saturated rings. The summed E-state index contributed by atoms with van der Waals surface area (Å²) in [6.07, 6.45) is 3.33.